The lowest BCUT2D eigenvalue weighted by atomic mass is 10.3. The van der Waals surface area contributed by atoms with Crippen LogP contribution in [0, 0.1) is 6.92 Å². The summed E-state index contributed by atoms with van der Waals surface area (Å²) in [5, 5.41) is 13.9. The molecule has 7 heteroatoms. The van der Waals surface area contributed by atoms with Gasteiger partial charge in [-0.3, -0.25) is 0 Å². The van der Waals surface area contributed by atoms with Gasteiger partial charge in [0, 0.05) is 11.1 Å². The molecule has 3 N–H and O–H groups in total. The minimum Gasteiger partial charge on any atom is -0.389 e. The molecule has 0 bridgehead atoms. The Morgan fingerprint density at radius 1 is 1.59 bits per heavy atom. The highest BCUT2D eigenvalue weighted by Gasteiger charge is 2.07. The lowest BCUT2D eigenvalue weighted by Crippen LogP contribution is -2.14. The van der Waals surface area contributed by atoms with Gasteiger partial charge in [-0.15, -0.1) is 16.4 Å². The first-order valence-corrected chi connectivity index (χ1v) is 6.22. The molecular formula is C10H11N5S2. The molecule has 0 unspecified atom stereocenters. The number of rotatable bonds is 4. The van der Waals surface area contributed by atoms with Crippen LogP contribution in [0.1, 0.15) is 16.3 Å². The van der Waals surface area contributed by atoms with Gasteiger partial charge in [0.25, 0.3) is 0 Å². The molecule has 0 aliphatic heterocycles. The fourth-order valence-corrected chi connectivity index (χ4v) is 2.18. The Labute approximate surface area is 108 Å². The van der Waals surface area contributed by atoms with Crippen LogP contribution >= 0.6 is 23.6 Å². The molecule has 0 fully saturated rings. The molecule has 0 aliphatic carbocycles. The third-order valence-corrected chi connectivity index (χ3v) is 3.25. The van der Waals surface area contributed by atoms with Gasteiger partial charge in [-0.2, -0.15) is 5.10 Å². The van der Waals surface area contributed by atoms with Crippen molar-refractivity contribution in [3.63, 3.8) is 0 Å². The average Bonchev–Trinajstić information content (AvgIpc) is 2.73. The Bertz CT molecular complexity index is 537. The number of anilines is 1. The summed E-state index contributed by atoms with van der Waals surface area (Å²) in [5.74, 6) is 0.591. The number of aromatic nitrogens is 3. The van der Waals surface area contributed by atoms with Crippen LogP contribution in [0.4, 0.5) is 5.82 Å². The van der Waals surface area contributed by atoms with Gasteiger partial charge >= 0.3 is 0 Å². The third kappa shape index (κ3) is 2.95. The molecule has 0 aromatic carbocycles. The minimum atomic E-state index is 0.303. The predicted molar refractivity (Wildman–Crippen MR) is 72.1 cm³/mol. The second-order valence-electron chi connectivity index (χ2n) is 3.39. The highest BCUT2D eigenvalue weighted by molar-refractivity contribution is 7.80. The zero-order valence-corrected chi connectivity index (χ0v) is 10.8. The number of nitrogens with one attached hydrogen (secondary N) is 1. The van der Waals surface area contributed by atoms with E-state index in [9.17, 15) is 0 Å². The monoisotopic (exact) mass is 265 g/mol. The molecule has 0 atom stereocenters. The topological polar surface area (TPSA) is 76.7 Å². The van der Waals surface area contributed by atoms with Gasteiger partial charge in [0.05, 0.1) is 18.3 Å². The maximum atomic E-state index is 5.60. The predicted octanol–water partition coefficient (Wildman–Crippen LogP) is 1.49. The molecule has 0 aliphatic rings. The highest BCUT2D eigenvalue weighted by atomic mass is 32.1. The zero-order valence-electron chi connectivity index (χ0n) is 9.17. The second kappa shape index (κ2) is 5.15. The average molecular weight is 265 g/mol. The van der Waals surface area contributed by atoms with E-state index in [4.69, 9.17) is 18.0 Å². The molecule has 0 radical (unpaired) electrons. The number of hydrogen-bond acceptors (Lipinski definition) is 6. The lowest BCUT2D eigenvalue weighted by Gasteiger charge is -2.06. The maximum Gasteiger partial charge on any atom is 0.159 e. The van der Waals surface area contributed by atoms with Crippen LogP contribution in [-0.4, -0.2) is 20.2 Å². The van der Waals surface area contributed by atoms with E-state index in [0.717, 1.165) is 10.7 Å². The van der Waals surface area contributed by atoms with E-state index in [1.165, 1.54) is 0 Å². The van der Waals surface area contributed by atoms with E-state index in [2.05, 4.69) is 20.5 Å². The summed E-state index contributed by atoms with van der Waals surface area (Å²) in [4.78, 5) is 4.65. The van der Waals surface area contributed by atoms with Crippen LogP contribution in [0.15, 0.2) is 17.6 Å². The van der Waals surface area contributed by atoms with Crippen LogP contribution in [0.25, 0.3) is 0 Å². The van der Waals surface area contributed by atoms with E-state index in [-0.39, 0.29) is 0 Å². The van der Waals surface area contributed by atoms with Crippen molar-refractivity contribution in [1.29, 1.82) is 0 Å². The Balaban J connectivity index is 2.11. The van der Waals surface area contributed by atoms with E-state index in [1.54, 1.807) is 23.6 Å². The van der Waals surface area contributed by atoms with Gasteiger partial charge in [-0.25, -0.2) is 4.98 Å². The summed E-state index contributed by atoms with van der Waals surface area (Å²) in [6.45, 7) is 2.55. The first kappa shape index (κ1) is 11.9. The fraction of sp³-hybridized carbons (Fsp3) is 0.200. The molecule has 0 spiro atoms. The van der Waals surface area contributed by atoms with Crippen molar-refractivity contribution in [2.45, 2.75) is 13.5 Å². The summed E-state index contributed by atoms with van der Waals surface area (Å²) in [7, 11) is 0. The molecule has 0 amide bonds. The Kier molecular flexibility index (Phi) is 3.60. The molecular weight excluding hydrogens is 254 g/mol. The maximum absolute atomic E-state index is 5.60. The molecule has 17 heavy (non-hydrogen) atoms. The van der Waals surface area contributed by atoms with Crippen LogP contribution in [0.5, 0.6) is 0 Å². The van der Waals surface area contributed by atoms with E-state index in [0.29, 0.717) is 22.9 Å². The molecule has 2 aromatic heterocycles. The fourth-order valence-electron chi connectivity index (χ4n) is 1.30. The van der Waals surface area contributed by atoms with Gasteiger partial charge in [0.2, 0.25) is 0 Å². The van der Waals surface area contributed by atoms with Gasteiger partial charge in [0.15, 0.2) is 5.82 Å². The third-order valence-electron chi connectivity index (χ3n) is 2.06. The number of nitrogens with zero attached hydrogens (tertiary/aromatic N) is 3. The lowest BCUT2D eigenvalue weighted by molar-refractivity contribution is 0.986. The van der Waals surface area contributed by atoms with E-state index >= 15 is 0 Å². The summed E-state index contributed by atoms with van der Waals surface area (Å²) in [6.07, 6.45) is 1.56. The van der Waals surface area contributed by atoms with Crippen molar-refractivity contribution in [3.8, 4) is 0 Å². The molecule has 2 aromatic rings. The first-order chi connectivity index (χ1) is 8.16. The standard InChI is InChI=1S/C10H11N5S2/c1-6-5-17-8(14-6)4-12-10-7(9(11)16)2-3-13-15-10/h2-3,5H,4H2,1H3,(H2,11,16)(H,12,15). The molecule has 2 rings (SSSR count). The van der Waals surface area contributed by atoms with Crippen LogP contribution < -0.4 is 11.1 Å². The van der Waals surface area contributed by atoms with E-state index in [1.807, 2.05) is 12.3 Å². The normalized spacial score (nSPS) is 10.2. The summed E-state index contributed by atoms with van der Waals surface area (Å²) >= 11 is 6.54. The summed E-state index contributed by atoms with van der Waals surface area (Å²) in [6, 6.07) is 1.74. The van der Waals surface area contributed by atoms with Crippen LogP contribution in [0.2, 0.25) is 0 Å². The number of thiocarbonyl (C=S) groups is 1. The summed E-state index contributed by atoms with van der Waals surface area (Å²) in [5.41, 5.74) is 7.31. The number of hydrogen-bond donors (Lipinski definition) is 2. The van der Waals surface area contributed by atoms with Crippen molar-refractivity contribution < 1.29 is 0 Å². The number of nitrogens with two attached hydrogens (primary N) is 1. The second-order valence-corrected chi connectivity index (χ2v) is 4.78. The molecule has 88 valence electrons. The number of thiazole rings is 1. The van der Waals surface area contributed by atoms with Gasteiger partial charge in [0.1, 0.15) is 10.00 Å². The first-order valence-electron chi connectivity index (χ1n) is 4.93. The minimum absolute atomic E-state index is 0.303. The SMILES string of the molecule is Cc1csc(CNc2nnccc2C(N)=S)n1. The van der Waals surface area contributed by atoms with Crippen molar-refractivity contribution in [2.75, 3.05) is 5.32 Å². The largest absolute Gasteiger partial charge is 0.389 e. The Hall–Kier alpha value is -1.60. The van der Waals surface area contributed by atoms with E-state index < -0.39 is 0 Å². The highest BCUT2D eigenvalue weighted by Crippen LogP contribution is 2.14. The smallest absolute Gasteiger partial charge is 0.159 e. The van der Waals surface area contributed by atoms with Crippen molar-refractivity contribution in [2.24, 2.45) is 5.73 Å². The molecule has 0 saturated carbocycles. The molecule has 5 nitrogen and oxygen atoms in total. The molecule has 0 saturated heterocycles. The van der Waals surface area contributed by atoms with Gasteiger partial charge < -0.3 is 11.1 Å². The Morgan fingerprint density at radius 3 is 3.06 bits per heavy atom. The zero-order chi connectivity index (χ0) is 12.3. The van der Waals surface area contributed by atoms with Crippen LogP contribution in [-0.2, 0) is 6.54 Å². The Morgan fingerprint density at radius 2 is 2.41 bits per heavy atom. The van der Waals surface area contributed by atoms with Crippen molar-refractivity contribution in [1.82, 2.24) is 15.2 Å². The van der Waals surface area contributed by atoms with Crippen LogP contribution in [0.3, 0.4) is 0 Å². The quantitative estimate of drug-likeness (QED) is 0.816. The summed E-state index contributed by atoms with van der Waals surface area (Å²) < 4.78 is 0. The van der Waals surface area contributed by atoms with Crippen molar-refractivity contribution in [3.05, 3.63) is 33.9 Å². The van der Waals surface area contributed by atoms with Gasteiger partial charge in [-0.05, 0) is 13.0 Å². The van der Waals surface area contributed by atoms with Crippen molar-refractivity contribution >= 4 is 34.4 Å². The number of aryl methyl sites for hydroxylation is 1. The molecule has 2 heterocycles. The van der Waals surface area contributed by atoms with Gasteiger partial charge in [-0.1, -0.05) is 12.2 Å².